The van der Waals surface area contributed by atoms with E-state index in [9.17, 15) is 19.4 Å². The molecule has 2 rings (SSSR count). The Morgan fingerprint density at radius 3 is 2.09 bits per heavy atom. The maximum Gasteiger partial charge on any atom is 0.305 e. The zero-order valence-electron chi connectivity index (χ0n) is 22.7. The monoisotopic (exact) mass is 493 g/mol. The fraction of sp³-hybridized carbons (Fsp3) is 0.519. The third-order valence-corrected chi connectivity index (χ3v) is 4.23. The number of carboxylic acid groups (broad SMARTS) is 1. The van der Waals surface area contributed by atoms with Crippen molar-refractivity contribution >= 4 is 18.0 Å². The van der Waals surface area contributed by atoms with Crippen molar-refractivity contribution in [3.8, 4) is 0 Å². The lowest BCUT2D eigenvalue weighted by atomic mass is 9.95. The molecule has 0 radical (unpaired) electrons. The lowest BCUT2D eigenvalue weighted by Gasteiger charge is -2.15. The second-order valence-corrected chi connectivity index (χ2v) is 7.14. The Labute approximate surface area is 210 Å². The van der Waals surface area contributed by atoms with Gasteiger partial charge in [-0.25, -0.2) is 9.38 Å². The van der Waals surface area contributed by atoms with Crippen LogP contribution in [0.3, 0.4) is 0 Å². The van der Waals surface area contributed by atoms with Crippen molar-refractivity contribution in [2.45, 2.75) is 80.4 Å². The van der Waals surface area contributed by atoms with Crippen LogP contribution in [0.2, 0.25) is 0 Å². The molecule has 1 aliphatic heterocycles. The summed E-state index contributed by atoms with van der Waals surface area (Å²) in [5, 5.41) is 34.7. The first-order valence-corrected chi connectivity index (χ1v) is 12.3. The lowest BCUT2D eigenvalue weighted by molar-refractivity contribution is -0.139. The van der Waals surface area contributed by atoms with Gasteiger partial charge in [-0.05, 0) is 30.2 Å². The predicted octanol–water partition coefficient (Wildman–Crippen LogP) is 5.64. The molecule has 8 heteroatoms. The summed E-state index contributed by atoms with van der Waals surface area (Å²) in [4.78, 5) is 15.2. The summed E-state index contributed by atoms with van der Waals surface area (Å²) in [6, 6.07) is 5.92. The highest BCUT2D eigenvalue weighted by Crippen LogP contribution is 2.25. The molecular weight excluding hydrogens is 449 g/mol. The number of aliphatic imine (C=N–C) groups is 1. The third-order valence-electron chi connectivity index (χ3n) is 4.23. The van der Waals surface area contributed by atoms with E-state index in [0.29, 0.717) is 16.8 Å². The van der Waals surface area contributed by atoms with Crippen molar-refractivity contribution < 1.29 is 24.5 Å². The van der Waals surface area contributed by atoms with Gasteiger partial charge in [0.15, 0.2) is 0 Å². The number of rotatable bonds is 8. The van der Waals surface area contributed by atoms with E-state index in [1.165, 1.54) is 18.2 Å². The van der Waals surface area contributed by atoms with Crippen molar-refractivity contribution in [2.75, 3.05) is 7.05 Å². The van der Waals surface area contributed by atoms with Gasteiger partial charge in [-0.3, -0.25) is 9.80 Å². The molecule has 1 aromatic rings. The molecule has 1 aromatic carbocycles. The Balaban J connectivity index is 0. The fourth-order valence-corrected chi connectivity index (χ4v) is 2.87. The van der Waals surface area contributed by atoms with Crippen molar-refractivity contribution in [2.24, 2.45) is 16.0 Å². The van der Waals surface area contributed by atoms with Gasteiger partial charge in [0, 0.05) is 24.6 Å². The number of aliphatic carboxylic acids is 1. The summed E-state index contributed by atoms with van der Waals surface area (Å²) in [5.41, 5.74) is 2.62. The van der Waals surface area contributed by atoms with Crippen LogP contribution >= 0.6 is 0 Å². The maximum absolute atomic E-state index is 13.4. The molecule has 0 bridgehead atoms. The summed E-state index contributed by atoms with van der Waals surface area (Å²) in [6.45, 7) is 15.9. The predicted molar refractivity (Wildman–Crippen MR) is 143 cm³/mol. The molecule has 0 saturated carbocycles. The van der Waals surface area contributed by atoms with Crippen LogP contribution in [-0.2, 0) is 4.79 Å². The molecule has 1 aliphatic rings. The first-order valence-electron chi connectivity index (χ1n) is 12.3. The van der Waals surface area contributed by atoms with Gasteiger partial charge in [-0.15, -0.1) is 0 Å². The van der Waals surface area contributed by atoms with E-state index in [4.69, 9.17) is 5.11 Å². The highest BCUT2D eigenvalue weighted by molar-refractivity contribution is 6.15. The Morgan fingerprint density at radius 2 is 1.60 bits per heavy atom. The number of benzene rings is 1. The van der Waals surface area contributed by atoms with Crippen molar-refractivity contribution in [3.05, 3.63) is 59.1 Å². The van der Waals surface area contributed by atoms with Crippen LogP contribution < -0.4 is 0 Å². The molecule has 2 atom stereocenters. The molecule has 7 nitrogen and oxygen atoms in total. The number of halogens is 1. The van der Waals surface area contributed by atoms with Crippen LogP contribution in [0.5, 0.6) is 0 Å². The SMILES string of the molecule is CC.CC.CC.CC(C)C1=C(/C=C/[C@@H](O)C[C@@H](O)CC(=O)O)C(c2ccc(F)cc2)=NN(C)C=N1. The van der Waals surface area contributed by atoms with Gasteiger partial charge < -0.3 is 15.3 Å². The number of allylic oxidation sites excluding steroid dienone is 3. The van der Waals surface area contributed by atoms with Crippen LogP contribution in [0, 0.1) is 11.7 Å². The summed E-state index contributed by atoms with van der Waals surface area (Å²) in [7, 11) is 1.73. The number of hydrogen-bond acceptors (Lipinski definition) is 6. The normalized spacial score (nSPS) is 14.5. The third kappa shape index (κ3) is 13.0. The van der Waals surface area contributed by atoms with Gasteiger partial charge in [0.1, 0.15) is 12.2 Å². The van der Waals surface area contributed by atoms with E-state index in [2.05, 4.69) is 10.1 Å². The van der Waals surface area contributed by atoms with E-state index >= 15 is 0 Å². The largest absolute Gasteiger partial charge is 0.481 e. The Bertz CT molecular complexity index is 846. The highest BCUT2D eigenvalue weighted by Gasteiger charge is 2.20. The van der Waals surface area contributed by atoms with Gasteiger partial charge in [0.25, 0.3) is 0 Å². The molecule has 0 aliphatic carbocycles. The minimum absolute atomic E-state index is 0.0396. The topological polar surface area (TPSA) is 106 Å². The van der Waals surface area contributed by atoms with Gasteiger partial charge in [-0.2, -0.15) is 5.10 Å². The molecule has 0 unspecified atom stereocenters. The minimum atomic E-state index is -1.16. The first-order chi connectivity index (χ1) is 16.7. The van der Waals surface area contributed by atoms with Crippen molar-refractivity contribution in [3.63, 3.8) is 0 Å². The van der Waals surface area contributed by atoms with Crippen LogP contribution in [0.15, 0.2) is 57.8 Å². The quantitative estimate of drug-likeness (QED) is 0.435. The Hall–Kier alpha value is -2.84. The maximum atomic E-state index is 13.4. The molecule has 0 saturated heterocycles. The van der Waals surface area contributed by atoms with E-state index in [-0.39, 0.29) is 18.2 Å². The van der Waals surface area contributed by atoms with Crippen molar-refractivity contribution in [1.29, 1.82) is 0 Å². The summed E-state index contributed by atoms with van der Waals surface area (Å²) >= 11 is 0. The molecule has 0 fully saturated rings. The second-order valence-electron chi connectivity index (χ2n) is 7.14. The Kier molecular flexibility index (Phi) is 19.1. The van der Waals surface area contributed by atoms with Crippen molar-refractivity contribution in [1.82, 2.24) is 5.01 Å². The number of aliphatic hydroxyl groups excluding tert-OH is 2. The average Bonchev–Trinajstić information content (AvgIpc) is 3.00. The summed E-state index contributed by atoms with van der Waals surface area (Å²) in [5.74, 6) is -1.45. The molecule has 0 spiro atoms. The van der Waals surface area contributed by atoms with E-state index in [1.54, 1.807) is 36.6 Å². The average molecular weight is 494 g/mol. The molecule has 3 N–H and O–H groups in total. The number of carboxylic acids is 1. The van der Waals surface area contributed by atoms with Gasteiger partial charge in [0.2, 0.25) is 0 Å². The summed E-state index contributed by atoms with van der Waals surface area (Å²) < 4.78 is 13.4. The van der Waals surface area contributed by atoms with Crippen LogP contribution in [0.4, 0.5) is 4.39 Å². The fourth-order valence-electron chi connectivity index (χ4n) is 2.87. The number of carbonyl (C=O) groups is 1. The van der Waals surface area contributed by atoms with Gasteiger partial charge in [0.05, 0.1) is 30.0 Å². The Morgan fingerprint density at radius 1 is 1.06 bits per heavy atom. The second kappa shape index (κ2) is 19.5. The molecule has 0 amide bonds. The zero-order valence-corrected chi connectivity index (χ0v) is 22.7. The standard InChI is InChI=1S/C21H26FN3O4.3C2H6/c1-13(2)20-18(9-8-16(26)10-17(27)11-19(28)29)21(24-25(3)12-23-20)14-4-6-15(22)7-5-14;3*1-2/h4-9,12-13,16-17,26-27H,10-11H2,1-3H3,(H,28,29);3*1-2H3/b9-8+;;;/t16-,17-;;;/m1.../s1. The van der Waals surface area contributed by atoms with Gasteiger partial charge in [-0.1, -0.05) is 67.5 Å². The molecule has 1 heterocycles. The molecule has 198 valence electrons. The van der Waals surface area contributed by atoms with E-state index < -0.39 is 24.6 Å². The first kappa shape index (κ1) is 34.3. The zero-order chi connectivity index (χ0) is 27.6. The van der Waals surface area contributed by atoms with Gasteiger partial charge >= 0.3 is 5.97 Å². The number of hydrazone groups is 1. The smallest absolute Gasteiger partial charge is 0.305 e. The van der Waals surface area contributed by atoms with Crippen LogP contribution in [0.25, 0.3) is 0 Å². The molecular formula is C27H44FN3O4. The van der Waals surface area contributed by atoms with Crippen LogP contribution in [0.1, 0.15) is 73.8 Å². The lowest BCUT2D eigenvalue weighted by Crippen LogP contribution is -2.19. The van der Waals surface area contributed by atoms with E-state index in [1.807, 2.05) is 55.4 Å². The van der Waals surface area contributed by atoms with Crippen LogP contribution in [-0.4, -0.2) is 57.6 Å². The molecule has 35 heavy (non-hydrogen) atoms. The minimum Gasteiger partial charge on any atom is -0.481 e. The molecule has 0 aromatic heterocycles. The highest BCUT2D eigenvalue weighted by atomic mass is 19.1. The summed E-state index contributed by atoms with van der Waals surface area (Å²) in [6.07, 6.45) is 1.95. The number of aliphatic hydroxyl groups is 2. The van der Waals surface area contributed by atoms with E-state index in [0.717, 1.165) is 5.70 Å². The number of hydrogen-bond donors (Lipinski definition) is 3. The number of nitrogens with zero attached hydrogens (tertiary/aromatic N) is 3.